The Kier molecular flexibility index (Phi) is 5.24. The third-order valence-corrected chi connectivity index (χ3v) is 3.27. The zero-order valence-electron chi connectivity index (χ0n) is 13.1. The highest BCUT2D eigenvalue weighted by Crippen LogP contribution is 2.34. The minimum atomic E-state index is -0.307. The Hall–Kier alpha value is -2.96. The number of nitrogens with one attached hydrogen (secondary N) is 2. The molecule has 0 saturated carbocycles. The first kappa shape index (κ1) is 16.4. The fourth-order valence-corrected chi connectivity index (χ4v) is 2.06. The number of ether oxygens (including phenoxy) is 3. The molecule has 1 aromatic heterocycles. The molecule has 0 aliphatic carbocycles. The van der Waals surface area contributed by atoms with Gasteiger partial charge < -0.3 is 24.5 Å². The number of H-pyrrole nitrogens is 1. The van der Waals surface area contributed by atoms with Crippen molar-refractivity contribution in [1.82, 2.24) is 10.3 Å². The van der Waals surface area contributed by atoms with Crippen molar-refractivity contribution in [3.8, 4) is 17.2 Å². The van der Waals surface area contributed by atoms with Crippen LogP contribution in [0.4, 0.5) is 0 Å². The molecule has 7 nitrogen and oxygen atoms in total. The van der Waals surface area contributed by atoms with Gasteiger partial charge in [0.1, 0.15) is 5.75 Å². The molecule has 2 N–H and O–H groups in total. The van der Waals surface area contributed by atoms with Crippen molar-refractivity contribution in [2.75, 3.05) is 21.3 Å². The van der Waals surface area contributed by atoms with E-state index < -0.39 is 0 Å². The minimum absolute atomic E-state index is 0.238. The molecule has 2 rings (SSSR count). The topological polar surface area (TPSA) is 89.7 Å². The Balaban J connectivity index is 2.17. The van der Waals surface area contributed by atoms with Gasteiger partial charge in [-0.05, 0) is 12.1 Å². The lowest BCUT2D eigenvalue weighted by Crippen LogP contribution is -2.24. The predicted octanol–water partition coefficient (Wildman–Crippen LogP) is 1.33. The number of aromatic amines is 1. The van der Waals surface area contributed by atoms with Crippen LogP contribution in [0.3, 0.4) is 0 Å². The third-order valence-electron chi connectivity index (χ3n) is 3.27. The van der Waals surface area contributed by atoms with Crippen LogP contribution in [0.5, 0.6) is 17.2 Å². The van der Waals surface area contributed by atoms with E-state index in [-0.39, 0.29) is 18.0 Å². The molecule has 1 aromatic carbocycles. The molecule has 1 heterocycles. The summed E-state index contributed by atoms with van der Waals surface area (Å²) in [6.45, 7) is 0.238. The van der Waals surface area contributed by atoms with E-state index in [1.54, 1.807) is 12.1 Å². The number of carbonyl (C=O) groups excluding carboxylic acids is 1. The second kappa shape index (κ2) is 7.35. The van der Waals surface area contributed by atoms with Crippen molar-refractivity contribution < 1.29 is 19.0 Å². The summed E-state index contributed by atoms with van der Waals surface area (Å²) in [6.07, 6.45) is 1.36. The third kappa shape index (κ3) is 3.82. The Morgan fingerprint density at radius 1 is 1.04 bits per heavy atom. The summed E-state index contributed by atoms with van der Waals surface area (Å²) in [6, 6.07) is 6.19. The summed E-state index contributed by atoms with van der Waals surface area (Å²) in [5, 5.41) is 2.76. The highest BCUT2D eigenvalue weighted by molar-refractivity contribution is 5.93. The average Bonchev–Trinajstić information content (AvgIpc) is 2.59. The normalized spacial score (nSPS) is 10.0. The number of amides is 1. The Bertz CT molecular complexity index is 734. The Morgan fingerprint density at radius 3 is 2.26 bits per heavy atom. The van der Waals surface area contributed by atoms with Crippen LogP contribution in [-0.2, 0) is 6.54 Å². The number of benzene rings is 1. The van der Waals surface area contributed by atoms with Gasteiger partial charge in [-0.15, -0.1) is 0 Å². The van der Waals surface area contributed by atoms with Gasteiger partial charge in [-0.2, -0.15) is 0 Å². The molecule has 0 unspecified atom stereocenters. The van der Waals surface area contributed by atoms with Crippen LogP contribution in [0.15, 0.2) is 35.3 Å². The summed E-state index contributed by atoms with van der Waals surface area (Å²) < 4.78 is 15.8. The largest absolute Gasteiger partial charge is 0.496 e. The molecule has 23 heavy (non-hydrogen) atoms. The number of rotatable bonds is 6. The first-order valence-corrected chi connectivity index (χ1v) is 6.85. The maximum Gasteiger partial charge on any atom is 0.253 e. The quantitative estimate of drug-likeness (QED) is 0.839. The molecule has 2 aromatic rings. The van der Waals surface area contributed by atoms with Crippen LogP contribution in [0, 0.1) is 0 Å². The van der Waals surface area contributed by atoms with Gasteiger partial charge >= 0.3 is 0 Å². The van der Waals surface area contributed by atoms with E-state index in [9.17, 15) is 9.59 Å². The monoisotopic (exact) mass is 318 g/mol. The molecule has 1 amide bonds. The van der Waals surface area contributed by atoms with Gasteiger partial charge in [-0.1, -0.05) is 0 Å². The molecule has 0 fully saturated rings. The van der Waals surface area contributed by atoms with Crippen molar-refractivity contribution in [2.24, 2.45) is 0 Å². The first-order chi connectivity index (χ1) is 11.1. The van der Waals surface area contributed by atoms with Crippen LogP contribution in [-0.4, -0.2) is 32.2 Å². The van der Waals surface area contributed by atoms with Crippen LogP contribution < -0.4 is 25.1 Å². The molecule has 0 aliphatic rings. The molecule has 122 valence electrons. The first-order valence-electron chi connectivity index (χ1n) is 6.85. The lowest BCUT2D eigenvalue weighted by molar-refractivity contribution is 0.0950. The lowest BCUT2D eigenvalue weighted by atomic mass is 10.1. The predicted molar refractivity (Wildman–Crippen MR) is 84.3 cm³/mol. The van der Waals surface area contributed by atoms with Crippen molar-refractivity contribution >= 4 is 5.91 Å². The molecular weight excluding hydrogens is 300 g/mol. The molecule has 0 radical (unpaired) electrons. The maximum atomic E-state index is 12.1. The van der Waals surface area contributed by atoms with Gasteiger partial charge in [-0.3, -0.25) is 9.59 Å². The fourth-order valence-electron chi connectivity index (χ4n) is 2.06. The van der Waals surface area contributed by atoms with Crippen molar-refractivity contribution in [1.29, 1.82) is 0 Å². The average molecular weight is 318 g/mol. The van der Waals surface area contributed by atoms with Crippen molar-refractivity contribution in [2.45, 2.75) is 6.54 Å². The SMILES string of the molecule is COc1cc(OC)c(OC)cc1CNC(=O)c1ccc(=O)[nH]c1. The molecule has 0 atom stereocenters. The van der Waals surface area contributed by atoms with E-state index in [1.807, 2.05) is 0 Å². The summed E-state index contributed by atoms with van der Waals surface area (Å²) in [5.41, 5.74) is 0.843. The molecule has 7 heteroatoms. The van der Waals surface area contributed by atoms with Gasteiger partial charge in [0, 0.05) is 30.4 Å². The van der Waals surface area contributed by atoms with E-state index >= 15 is 0 Å². The molecular formula is C16H18N2O5. The van der Waals surface area contributed by atoms with E-state index in [0.717, 1.165) is 5.56 Å². The summed E-state index contributed by atoms with van der Waals surface area (Å²) in [5.74, 6) is 1.35. The van der Waals surface area contributed by atoms with Crippen LogP contribution in [0.1, 0.15) is 15.9 Å². The minimum Gasteiger partial charge on any atom is -0.496 e. The number of aromatic nitrogens is 1. The van der Waals surface area contributed by atoms with E-state index in [4.69, 9.17) is 14.2 Å². The van der Waals surface area contributed by atoms with Gasteiger partial charge in [0.25, 0.3) is 5.91 Å². The smallest absolute Gasteiger partial charge is 0.253 e. The van der Waals surface area contributed by atoms with Crippen molar-refractivity contribution in [3.63, 3.8) is 0 Å². The number of hydrogen-bond donors (Lipinski definition) is 2. The van der Waals surface area contributed by atoms with Crippen molar-refractivity contribution in [3.05, 3.63) is 51.9 Å². The Morgan fingerprint density at radius 2 is 1.70 bits per heavy atom. The highest BCUT2D eigenvalue weighted by Gasteiger charge is 2.13. The number of methoxy groups -OCH3 is 3. The molecule has 0 saturated heterocycles. The standard InChI is InChI=1S/C16H18N2O5/c1-21-12-7-14(23-3)13(22-2)6-11(12)9-18-16(20)10-4-5-15(19)17-8-10/h4-8H,9H2,1-3H3,(H,17,19)(H,18,20). The van der Waals surface area contributed by atoms with E-state index in [2.05, 4.69) is 10.3 Å². The lowest BCUT2D eigenvalue weighted by Gasteiger charge is -2.14. The van der Waals surface area contributed by atoms with Crippen LogP contribution in [0.2, 0.25) is 0 Å². The van der Waals surface area contributed by atoms with Gasteiger partial charge in [0.2, 0.25) is 5.56 Å². The zero-order valence-corrected chi connectivity index (χ0v) is 13.1. The van der Waals surface area contributed by atoms with Crippen LogP contribution in [0.25, 0.3) is 0 Å². The second-order valence-electron chi connectivity index (χ2n) is 4.64. The molecule has 0 aliphatic heterocycles. The molecule has 0 spiro atoms. The number of hydrogen-bond acceptors (Lipinski definition) is 5. The van der Waals surface area contributed by atoms with Gasteiger partial charge in [0.15, 0.2) is 11.5 Å². The van der Waals surface area contributed by atoms with Gasteiger partial charge in [-0.25, -0.2) is 0 Å². The molecule has 0 bridgehead atoms. The number of carbonyl (C=O) groups is 1. The summed E-state index contributed by atoms with van der Waals surface area (Å²) in [7, 11) is 4.61. The maximum absolute atomic E-state index is 12.1. The van der Waals surface area contributed by atoms with E-state index in [0.29, 0.717) is 22.8 Å². The zero-order chi connectivity index (χ0) is 16.8. The summed E-state index contributed by atoms with van der Waals surface area (Å²) in [4.78, 5) is 25.5. The van der Waals surface area contributed by atoms with Gasteiger partial charge in [0.05, 0.1) is 26.9 Å². The fraction of sp³-hybridized carbons (Fsp3) is 0.250. The summed E-state index contributed by atoms with van der Waals surface area (Å²) >= 11 is 0. The number of pyridine rings is 1. The highest BCUT2D eigenvalue weighted by atomic mass is 16.5. The Labute approximate surface area is 133 Å². The second-order valence-corrected chi connectivity index (χ2v) is 4.64. The van der Waals surface area contributed by atoms with Crippen LogP contribution >= 0.6 is 0 Å². The van der Waals surface area contributed by atoms with E-state index in [1.165, 1.54) is 39.7 Å².